The van der Waals surface area contributed by atoms with Crippen LogP contribution < -0.4 is 4.74 Å². The van der Waals surface area contributed by atoms with Crippen molar-refractivity contribution in [1.82, 2.24) is 4.90 Å². The molecule has 1 aromatic carbocycles. The Kier molecular flexibility index (Phi) is 3.88. The van der Waals surface area contributed by atoms with Crippen molar-refractivity contribution in [3.05, 3.63) is 51.7 Å². The predicted octanol–water partition coefficient (Wildman–Crippen LogP) is 3.55. The van der Waals surface area contributed by atoms with Crippen LogP contribution in [0.15, 0.2) is 35.7 Å². The molecule has 0 aliphatic carbocycles. The fourth-order valence-corrected chi connectivity index (χ4v) is 3.32. The van der Waals surface area contributed by atoms with Crippen molar-refractivity contribution in [2.45, 2.75) is 19.6 Å². The van der Waals surface area contributed by atoms with Gasteiger partial charge in [-0.3, -0.25) is 4.79 Å². The van der Waals surface area contributed by atoms with Gasteiger partial charge in [0.25, 0.3) is 5.91 Å². The number of fused-ring (bicyclic) bond motifs is 1. The number of ether oxygens (including phenoxy) is 1. The first-order valence-electron chi connectivity index (χ1n) is 6.53. The maximum atomic E-state index is 12.5. The zero-order valence-corrected chi connectivity index (χ0v) is 11.9. The van der Waals surface area contributed by atoms with Crippen molar-refractivity contribution in [2.24, 2.45) is 0 Å². The number of amides is 1. The molecule has 1 aliphatic heterocycles. The standard InChI is InChI=1S/C15H13F2NO2S/c16-15(17)20-12-4-2-1-3-11(12)14(19)18-7-5-13-10(9-18)6-8-21-13/h1-4,6,8,15H,5,7,9H2. The summed E-state index contributed by atoms with van der Waals surface area (Å²) in [7, 11) is 0. The van der Waals surface area contributed by atoms with Gasteiger partial charge in [-0.25, -0.2) is 0 Å². The zero-order valence-electron chi connectivity index (χ0n) is 11.1. The summed E-state index contributed by atoms with van der Waals surface area (Å²) < 4.78 is 29.3. The van der Waals surface area contributed by atoms with Crippen molar-refractivity contribution in [2.75, 3.05) is 6.54 Å². The van der Waals surface area contributed by atoms with E-state index in [1.54, 1.807) is 28.4 Å². The number of thiophene rings is 1. The third-order valence-electron chi connectivity index (χ3n) is 3.43. The van der Waals surface area contributed by atoms with Crippen LogP contribution >= 0.6 is 11.3 Å². The molecule has 110 valence electrons. The summed E-state index contributed by atoms with van der Waals surface area (Å²) in [6, 6.07) is 8.12. The van der Waals surface area contributed by atoms with Crippen LogP contribution in [0.1, 0.15) is 20.8 Å². The largest absolute Gasteiger partial charge is 0.434 e. The SMILES string of the molecule is O=C(c1ccccc1OC(F)F)N1CCc2sccc2C1. The smallest absolute Gasteiger partial charge is 0.387 e. The Labute approximate surface area is 124 Å². The fraction of sp³-hybridized carbons (Fsp3) is 0.267. The summed E-state index contributed by atoms with van der Waals surface area (Å²) in [5.74, 6) is -0.350. The molecule has 0 bridgehead atoms. The first kappa shape index (κ1) is 14.0. The predicted molar refractivity (Wildman–Crippen MR) is 75.8 cm³/mol. The van der Waals surface area contributed by atoms with E-state index in [9.17, 15) is 13.6 Å². The molecule has 0 saturated carbocycles. The molecule has 0 saturated heterocycles. The lowest BCUT2D eigenvalue weighted by Crippen LogP contribution is -2.35. The van der Waals surface area contributed by atoms with Crippen LogP contribution in [0.3, 0.4) is 0 Å². The Morgan fingerprint density at radius 1 is 1.29 bits per heavy atom. The summed E-state index contributed by atoms with van der Waals surface area (Å²) >= 11 is 1.68. The van der Waals surface area contributed by atoms with E-state index in [-0.39, 0.29) is 17.2 Å². The zero-order chi connectivity index (χ0) is 14.8. The summed E-state index contributed by atoms with van der Waals surface area (Å²) in [5.41, 5.74) is 1.31. The second-order valence-corrected chi connectivity index (χ2v) is 5.72. The molecule has 0 N–H and O–H groups in total. The van der Waals surface area contributed by atoms with Gasteiger partial charge in [0.1, 0.15) is 5.75 Å². The first-order chi connectivity index (χ1) is 10.1. The van der Waals surface area contributed by atoms with Gasteiger partial charge in [-0.2, -0.15) is 8.78 Å². The minimum Gasteiger partial charge on any atom is -0.434 e. The molecule has 1 aromatic heterocycles. The van der Waals surface area contributed by atoms with Crippen LogP contribution in [0.2, 0.25) is 0 Å². The molecule has 2 aromatic rings. The highest BCUT2D eigenvalue weighted by Gasteiger charge is 2.25. The molecule has 2 heterocycles. The number of rotatable bonds is 3. The average Bonchev–Trinajstić information content (AvgIpc) is 2.94. The summed E-state index contributed by atoms with van der Waals surface area (Å²) in [5, 5.41) is 2.01. The number of alkyl halides is 2. The van der Waals surface area contributed by atoms with E-state index in [0.29, 0.717) is 13.1 Å². The molecule has 21 heavy (non-hydrogen) atoms. The van der Waals surface area contributed by atoms with E-state index in [1.165, 1.54) is 17.0 Å². The fourth-order valence-electron chi connectivity index (χ4n) is 2.43. The second-order valence-electron chi connectivity index (χ2n) is 4.72. The third-order valence-corrected chi connectivity index (χ3v) is 4.45. The highest BCUT2D eigenvalue weighted by atomic mass is 32.1. The van der Waals surface area contributed by atoms with Gasteiger partial charge in [0, 0.05) is 18.0 Å². The number of benzene rings is 1. The normalized spacial score (nSPS) is 14.1. The van der Waals surface area contributed by atoms with E-state index in [1.807, 2.05) is 11.4 Å². The van der Waals surface area contributed by atoms with Gasteiger partial charge in [0.2, 0.25) is 0 Å². The van der Waals surface area contributed by atoms with Crippen LogP contribution in [-0.2, 0) is 13.0 Å². The number of nitrogens with zero attached hydrogens (tertiary/aromatic N) is 1. The molecule has 0 spiro atoms. The lowest BCUT2D eigenvalue weighted by atomic mass is 10.1. The molecular formula is C15H13F2NO2S. The summed E-state index contributed by atoms with van der Waals surface area (Å²) in [4.78, 5) is 15.5. The number of carbonyl (C=O) groups excluding carboxylic acids is 1. The van der Waals surface area contributed by atoms with E-state index in [0.717, 1.165) is 12.0 Å². The van der Waals surface area contributed by atoms with Gasteiger partial charge < -0.3 is 9.64 Å². The van der Waals surface area contributed by atoms with E-state index >= 15 is 0 Å². The van der Waals surface area contributed by atoms with E-state index < -0.39 is 6.61 Å². The lowest BCUT2D eigenvalue weighted by molar-refractivity contribution is -0.0503. The Morgan fingerprint density at radius 2 is 2.10 bits per heavy atom. The molecule has 1 amide bonds. The van der Waals surface area contributed by atoms with Crippen molar-refractivity contribution < 1.29 is 18.3 Å². The highest BCUT2D eigenvalue weighted by molar-refractivity contribution is 7.10. The number of para-hydroxylation sites is 1. The molecule has 0 fully saturated rings. The number of hydrogen-bond donors (Lipinski definition) is 0. The monoisotopic (exact) mass is 309 g/mol. The molecule has 0 unspecified atom stereocenters. The maximum Gasteiger partial charge on any atom is 0.387 e. The van der Waals surface area contributed by atoms with Crippen molar-refractivity contribution in [3.8, 4) is 5.75 Å². The Morgan fingerprint density at radius 3 is 2.90 bits per heavy atom. The Balaban J connectivity index is 1.83. The third kappa shape index (κ3) is 2.90. The number of hydrogen-bond acceptors (Lipinski definition) is 3. The van der Waals surface area contributed by atoms with Gasteiger partial charge in [-0.15, -0.1) is 11.3 Å². The molecule has 0 atom stereocenters. The number of halogens is 2. The molecular weight excluding hydrogens is 296 g/mol. The number of carbonyl (C=O) groups is 1. The lowest BCUT2D eigenvalue weighted by Gasteiger charge is -2.27. The molecule has 3 rings (SSSR count). The van der Waals surface area contributed by atoms with Crippen LogP contribution in [0.5, 0.6) is 5.75 Å². The van der Waals surface area contributed by atoms with Crippen molar-refractivity contribution in [1.29, 1.82) is 0 Å². The van der Waals surface area contributed by atoms with Gasteiger partial charge >= 0.3 is 6.61 Å². The van der Waals surface area contributed by atoms with Crippen LogP contribution in [-0.4, -0.2) is 24.0 Å². The second kappa shape index (κ2) is 5.81. The Hall–Kier alpha value is -1.95. The highest BCUT2D eigenvalue weighted by Crippen LogP contribution is 2.27. The van der Waals surface area contributed by atoms with Gasteiger partial charge in [0.15, 0.2) is 0 Å². The quantitative estimate of drug-likeness (QED) is 0.868. The van der Waals surface area contributed by atoms with Gasteiger partial charge in [-0.05, 0) is 35.6 Å². The summed E-state index contributed by atoms with van der Waals surface area (Å²) in [6.45, 7) is -1.83. The minimum atomic E-state index is -2.94. The summed E-state index contributed by atoms with van der Waals surface area (Å²) in [6.07, 6.45) is 0.802. The van der Waals surface area contributed by atoms with Crippen molar-refractivity contribution in [3.63, 3.8) is 0 Å². The Bertz CT molecular complexity index is 657. The van der Waals surface area contributed by atoms with Gasteiger partial charge in [-0.1, -0.05) is 12.1 Å². The molecule has 1 aliphatic rings. The van der Waals surface area contributed by atoms with Gasteiger partial charge in [0.05, 0.1) is 5.56 Å². The van der Waals surface area contributed by atoms with Crippen LogP contribution in [0.25, 0.3) is 0 Å². The van der Waals surface area contributed by atoms with E-state index in [4.69, 9.17) is 0 Å². The van der Waals surface area contributed by atoms with E-state index in [2.05, 4.69) is 4.74 Å². The molecule has 0 radical (unpaired) electrons. The van der Waals surface area contributed by atoms with Crippen molar-refractivity contribution >= 4 is 17.2 Å². The van der Waals surface area contributed by atoms with Crippen LogP contribution in [0, 0.1) is 0 Å². The maximum absolute atomic E-state index is 12.5. The average molecular weight is 309 g/mol. The minimum absolute atomic E-state index is 0.0754. The first-order valence-corrected chi connectivity index (χ1v) is 7.41. The topological polar surface area (TPSA) is 29.5 Å². The molecule has 3 nitrogen and oxygen atoms in total. The van der Waals surface area contributed by atoms with Crippen LogP contribution in [0.4, 0.5) is 8.78 Å². The molecule has 6 heteroatoms.